The molecule has 0 fully saturated rings. The minimum atomic E-state index is -0.694. The Kier molecular flexibility index (Phi) is 4.54. The molecule has 7 heteroatoms. The first-order chi connectivity index (χ1) is 9.88. The molecule has 5 nitrogen and oxygen atoms in total. The standard InChI is InChI=1S/C14H12BrFN2O3/c1-8(17)9-2-4-13(11(15)6-9)21-14-5-3-10(16)7-12(14)18(19)20/h2-8H,17H2,1H3. The topological polar surface area (TPSA) is 78.4 Å². The summed E-state index contributed by atoms with van der Waals surface area (Å²) in [6.45, 7) is 1.84. The number of hydrogen-bond acceptors (Lipinski definition) is 4. The number of hydrogen-bond donors (Lipinski definition) is 1. The smallest absolute Gasteiger partial charge is 0.314 e. The summed E-state index contributed by atoms with van der Waals surface area (Å²) >= 11 is 3.32. The Morgan fingerprint density at radius 2 is 1.95 bits per heavy atom. The van der Waals surface area contributed by atoms with Crippen LogP contribution in [-0.2, 0) is 0 Å². The van der Waals surface area contributed by atoms with Crippen molar-refractivity contribution in [2.24, 2.45) is 5.73 Å². The lowest BCUT2D eigenvalue weighted by Gasteiger charge is -2.11. The molecule has 0 radical (unpaired) electrons. The highest BCUT2D eigenvalue weighted by Crippen LogP contribution is 2.36. The third-order valence-corrected chi connectivity index (χ3v) is 3.44. The summed E-state index contributed by atoms with van der Waals surface area (Å²) in [6, 6.07) is 8.19. The number of nitrogens with two attached hydrogens (primary N) is 1. The first-order valence-electron chi connectivity index (χ1n) is 6.05. The summed E-state index contributed by atoms with van der Waals surface area (Å²) in [6.07, 6.45) is 0. The summed E-state index contributed by atoms with van der Waals surface area (Å²) in [5, 5.41) is 10.9. The van der Waals surface area contributed by atoms with Gasteiger partial charge in [-0.1, -0.05) is 6.07 Å². The van der Waals surface area contributed by atoms with Gasteiger partial charge in [-0.05, 0) is 52.7 Å². The maximum Gasteiger partial charge on any atom is 0.314 e. The molecule has 0 spiro atoms. The Morgan fingerprint density at radius 3 is 2.52 bits per heavy atom. The lowest BCUT2D eigenvalue weighted by atomic mass is 10.1. The van der Waals surface area contributed by atoms with Crippen LogP contribution in [-0.4, -0.2) is 4.92 Å². The van der Waals surface area contributed by atoms with Gasteiger partial charge in [0.15, 0.2) is 0 Å². The third-order valence-electron chi connectivity index (χ3n) is 2.82. The molecule has 0 heterocycles. The molecule has 2 aromatic rings. The summed E-state index contributed by atoms with van der Waals surface area (Å²) in [4.78, 5) is 10.2. The zero-order valence-electron chi connectivity index (χ0n) is 11.0. The van der Waals surface area contributed by atoms with E-state index in [-0.39, 0.29) is 11.8 Å². The molecule has 0 aliphatic carbocycles. The van der Waals surface area contributed by atoms with Crippen LogP contribution in [0.2, 0.25) is 0 Å². The van der Waals surface area contributed by atoms with Crippen LogP contribution in [0.15, 0.2) is 40.9 Å². The van der Waals surface area contributed by atoms with Gasteiger partial charge in [-0.3, -0.25) is 10.1 Å². The van der Waals surface area contributed by atoms with E-state index in [4.69, 9.17) is 10.5 Å². The zero-order valence-corrected chi connectivity index (χ0v) is 12.6. The molecule has 2 rings (SSSR count). The Balaban J connectivity index is 2.37. The van der Waals surface area contributed by atoms with Crippen molar-refractivity contribution < 1.29 is 14.1 Å². The summed E-state index contributed by atoms with van der Waals surface area (Å²) in [7, 11) is 0. The molecule has 110 valence electrons. The van der Waals surface area contributed by atoms with Gasteiger partial charge in [-0.2, -0.15) is 0 Å². The second-order valence-electron chi connectivity index (χ2n) is 4.45. The average Bonchev–Trinajstić information content (AvgIpc) is 2.42. The van der Waals surface area contributed by atoms with Crippen LogP contribution in [0, 0.1) is 15.9 Å². The largest absolute Gasteiger partial charge is 0.449 e. The van der Waals surface area contributed by atoms with Gasteiger partial charge >= 0.3 is 5.69 Å². The zero-order chi connectivity index (χ0) is 15.6. The van der Waals surface area contributed by atoms with Crippen molar-refractivity contribution in [3.8, 4) is 11.5 Å². The van der Waals surface area contributed by atoms with Crippen molar-refractivity contribution in [1.29, 1.82) is 0 Å². The number of nitro groups is 1. The van der Waals surface area contributed by atoms with Crippen LogP contribution < -0.4 is 10.5 Å². The van der Waals surface area contributed by atoms with E-state index >= 15 is 0 Å². The summed E-state index contributed by atoms with van der Waals surface area (Å²) in [5.41, 5.74) is 6.23. The normalized spacial score (nSPS) is 12.0. The quantitative estimate of drug-likeness (QED) is 0.655. The fourth-order valence-electron chi connectivity index (χ4n) is 1.72. The monoisotopic (exact) mass is 354 g/mol. The van der Waals surface area contributed by atoms with Crippen molar-refractivity contribution >= 4 is 21.6 Å². The van der Waals surface area contributed by atoms with Crippen molar-refractivity contribution in [3.05, 3.63) is 62.4 Å². The first kappa shape index (κ1) is 15.4. The Labute approximate surface area is 128 Å². The maximum atomic E-state index is 13.1. The van der Waals surface area contributed by atoms with E-state index in [0.717, 1.165) is 17.7 Å². The van der Waals surface area contributed by atoms with Crippen LogP contribution in [0.1, 0.15) is 18.5 Å². The van der Waals surface area contributed by atoms with Crippen molar-refractivity contribution in [2.75, 3.05) is 0 Å². The third kappa shape index (κ3) is 3.56. The van der Waals surface area contributed by atoms with Gasteiger partial charge in [0.05, 0.1) is 15.5 Å². The molecule has 2 N–H and O–H groups in total. The predicted molar refractivity (Wildman–Crippen MR) is 79.9 cm³/mol. The van der Waals surface area contributed by atoms with Crippen LogP contribution in [0.25, 0.3) is 0 Å². The van der Waals surface area contributed by atoms with E-state index in [1.807, 2.05) is 6.92 Å². The molecule has 0 bridgehead atoms. The number of ether oxygens (including phenoxy) is 1. The molecule has 2 aromatic carbocycles. The molecule has 21 heavy (non-hydrogen) atoms. The molecule has 1 unspecified atom stereocenters. The SMILES string of the molecule is CC(N)c1ccc(Oc2ccc(F)cc2[N+](=O)[O-])c(Br)c1. The van der Waals surface area contributed by atoms with Gasteiger partial charge in [0, 0.05) is 6.04 Å². The predicted octanol–water partition coefficient (Wildman–Crippen LogP) is 4.31. The summed E-state index contributed by atoms with van der Waals surface area (Å²) in [5.74, 6) is -0.342. The van der Waals surface area contributed by atoms with Gasteiger partial charge in [-0.25, -0.2) is 4.39 Å². The van der Waals surface area contributed by atoms with E-state index in [0.29, 0.717) is 10.2 Å². The van der Waals surface area contributed by atoms with Gasteiger partial charge in [0.1, 0.15) is 11.6 Å². The van der Waals surface area contributed by atoms with E-state index in [1.54, 1.807) is 18.2 Å². The first-order valence-corrected chi connectivity index (χ1v) is 6.84. The van der Waals surface area contributed by atoms with Crippen LogP contribution in [0.5, 0.6) is 11.5 Å². The van der Waals surface area contributed by atoms with Crippen molar-refractivity contribution in [1.82, 2.24) is 0 Å². The number of halogens is 2. The summed E-state index contributed by atoms with van der Waals surface area (Å²) < 4.78 is 19.2. The Morgan fingerprint density at radius 1 is 1.29 bits per heavy atom. The Bertz CT molecular complexity index is 692. The lowest BCUT2D eigenvalue weighted by molar-refractivity contribution is -0.385. The molecule has 0 amide bonds. The minimum Gasteiger partial charge on any atom is -0.449 e. The van der Waals surface area contributed by atoms with Crippen LogP contribution >= 0.6 is 15.9 Å². The molecule has 0 saturated heterocycles. The second-order valence-corrected chi connectivity index (χ2v) is 5.30. The van der Waals surface area contributed by atoms with E-state index < -0.39 is 16.4 Å². The molecule has 0 aliphatic heterocycles. The van der Waals surface area contributed by atoms with E-state index in [9.17, 15) is 14.5 Å². The number of rotatable bonds is 4. The van der Waals surface area contributed by atoms with Crippen molar-refractivity contribution in [2.45, 2.75) is 13.0 Å². The minimum absolute atomic E-state index is 0.0318. The van der Waals surface area contributed by atoms with Crippen LogP contribution in [0.4, 0.5) is 10.1 Å². The van der Waals surface area contributed by atoms with Crippen LogP contribution in [0.3, 0.4) is 0 Å². The highest BCUT2D eigenvalue weighted by atomic mass is 79.9. The van der Waals surface area contributed by atoms with E-state index in [1.165, 1.54) is 6.07 Å². The maximum absolute atomic E-state index is 13.1. The number of benzene rings is 2. The van der Waals surface area contributed by atoms with Crippen molar-refractivity contribution in [3.63, 3.8) is 0 Å². The molecule has 1 atom stereocenters. The average molecular weight is 355 g/mol. The lowest BCUT2D eigenvalue weighted by Crippen LogP contribution is -2.04. The fourth-order valence-corrected chi connectivity index (χ4v) is 2.20. The molecule has 0 aromatic heterocycles. The molecular weight excluding hydrogens is 343 g/mol. The van der Waals surface area contributed by atoms with Gasteiger partial charge in [-0.15, -0.1) is 0 Å². The highest BCUT2D eigenvalue weighted by Gasteiger charge is 2.18. The van der Waals surface area contributed by atoms with Gasteiger partial charge < -0.3 is 10.5 Å². The molecular formula is C14H12BrFN2O3. The van der Waals surface area contributed by atoms with Gasteiger partial charge in [0.25, 0.3) is 0 Å². The molecule has 0 saturated carbocycles. The second kappa shape index (κ2) is 6.19. The van der Waals surface area contributed by atoms with E-state index in [2.05, 4.69) is 15.9 Å². The van der Waals surface area contributed by atoms with Gasteiger partial charge in [0.2, 0.25) is 5.75 Å². The fraction of sp³-hybridized carbons (Fsp3) is 0.143. The number of nitro benzene ring substituents is 1. The Hall–Kier alpha value is -1.99. The highest BCUT2D eigenvalue weighted by molar-refractivity contribution is 9.10. The molecule has 0 aliphatic rings. The number of nitrogens with zero attached hydrogens (tertiary/aromatic N) is 1.